The fraction of sp³-hybridized carbons (Fsp3) is 0.286. The second-order valence-corrected chi connectivity index (χ2v) is 7.12. The zero-order valence-electron chi connectivity index (χ0n) is 15.7. The van der Waals surface area contributed by atoms with Gasteiger partial charge in [0.2, 0.25) is 5.91 Å². The van der Waals surface area contributed by atoms with Gasteiger partial charge in [-0.25, -0.2) is 4.39 Å². The van der Waals surface area contributed by atoms with Crippen molar-refractivity contribution in [1.29, 1.82) is 0 Å². The fourth-order valence-corrected chi connectivity index (χ4v) is 3.13. The third-order valence-electron chi connectivity index (χ3n) is 4.07. The van der Waals surface area contributed by atoms with Crippen LogP contribution in [0.15, 0.2) is 48.5 Å². The number of hydrogen-bond acceptors (Lipinski definition) is 5. The van der Waals surface area contributed by atoms with Crippen LogP contribution in [-0.4, -0.2) is 21.8 Å². The van der Waals surface area contributed by atoms with Crippen LogP contribution in [0.2, 0.25) is 0 Å². The first-order valence-electron chi connectivity index (χ1n) is 9.23. The number of hydrogen-bond donors (Lipinski definition) is 1. The van der Waals surface area contributed by atoms with Crippen LogP contribution in [0, 0.1) is 5.82 Å². The van der Waals surface area contributed by atoms with Crippen molar-refractivity contribution in [3.8, 4) is 10.9 Å². The van der Waals surface area contributed by atoms with Crippen LogP contribution in [0.4, 0.5) is 4.39 Å². The molecule has 2 aromatic carbocycles. The highest BCUT2D eigenvalue weighted by atomic mass is 32.1. The Kier molecular flexibility index (Phi) is 7.08. The summed E-state index contributed by atoms with van der Waals surface area (Å²) >= 11 is 1.17. The Morgan fingerprint density at radius 2 is 1.82 bits per heavy atom. The molecule has 0 spiro atoms. The van der Waals surface area contributed by atoms with Crippen molar-refractivity contribution < 1.29 is 13.9 Å². The third-order valence-corrected chi connectivity index (χ3v) is 4.70. The highest BCUT2D eigenvalue weighted by molar-refractivity contribution is 7.07. The second-order valence-electron chi connectivity index (χ2n) is 6.41. The highest BCUT2D eigenvalue weighted by Gasteiger charge is 2.08. The van der Waals surface area contributed by atoms with Crippen LogP contribution in [0.25, 0.3) is 0 Å². The third kappa shape index (κ3) is 6.13. The van der Waals surface area contributed by atoms with Crippen molar-refractivity contribution in [2.24, 2.45) is 0 Å². The van der Waals surface area contributed by atoms with Crippen LogP contribution < -0.4 is 10.1 Å². The number of rotatable bonds is 9. The molecular formula is C21H22FN3O2S. The maximum atomic E-state index is 13.0. The van der Waals surface area contributed by atoms with Crippen LogP contribution in [0.5, 0.6) is 10.9 Å². The summed E-state index contributed by atoms with van der Waals surface area (Å²) in [6, 6.07) is 13.6. The normalized spacial score (nSPS) is 10.6. The lowest BCUT2D eigenvalue weighted by Crippen LogP contribution is -2.25. The number of nitrogens with one attached hydrogen (secondary N) is 1. The summed E-state index contributed by atoms with van der Waals surface area (Å²) in [5.41, 5.74) is 1.86. The molecule has 0 bridgehead atoms. The minimum Gasteiger partial charge on any atom is -0.430 e. The molecule has 0 aliphatic heterocycles. The highest BCUT2D eigenvalue weighted by Crippen LogP contribution is 2.24. The molecule has 1 amide bonds. The van der Waals surface area contributed by atoms with Crippen LogP contribution in [-0.2, 0) is 17.6 Å². The van der Waals surface area contributed by atoms with Gasteiger partial charge in [-0.3, -0.25) is 4.79 Å². The van der Waals surface area contributed by atoms with E-state index in [4.69, 9.17) is 4.74 Å². The standard InChI is InChI=1S/C21H22FN3O2S/c1-2-3-12-23-20(26)14-16-6-10-18(11-7-16)27-21-24-19(25-28-21)13-15-4-8-17(22)9-5-15/h4-11H,2-3,12-14H2,1H3,(H,23,26). The van der Waals surface area contributed by atoms with Gasteiger partial charge in [0.15, 0.2) is 5.82 Å². The molecule has 0 aliphatic carbocycles. The Morgan fingerprint density at radius 1 is 1.11 bits per heavy atom. The molecule has 5 nitrogen and oxygen atoms in total. The van der Waals surface area contributed by atoms with E-state index in [-0.39, 0.29) is 11.7 Å². The number of aromatic nitrogens is 2. The van der Waals surface area contributed by atoms with Gasteiger partial charge in [-0.1, -0.05) is 37.6 Å². The largest absolute Gasteiger partial charge is 0.430 e. The minimum atomic E-state index is -0.263. The topological polar surface area (TPSA) is 64.1 Å². The lowest BCUT2D eigenvalue weighted by atomic mass is 10.1. The molecule has 3 aromatic rings. The summed E-state index contributed by atoms with van der Waals surface area (Å²) in [4.78, 5) is 16.2. The number of halogens is 1. The smallest absolute Gasteiger partial charge is 0.298 e. The van der Waals surface area contributed by atoms with E-state index in [9.17, 15) is 9.18 Å². The summed E-state index contributed by atoms with van der Waals surface area (Å²) in [5.74, 6) is 1.03. The number of ether oxygens (including phenoxy) is 1. The van der Waals surface area contributed by atoms with Crippen molar-refractivity contribution in [3.05, 3.63) is 71.3 Å². The van der Waals surface area contributed by atoms with Gasteiger partial charge in [0.1, 0.15) is 11.6 Å². The molecule has 0 unspecified atom stereocenters. The molecule has 1 aromatic heterocycles. The molecule has 0 aliphatic rings. The van der Waals surface area contributed by atoms with Crippen molar-refractivity contribution in [1.82, 2.24) is 14.7 Å². The van der Waals surface area contributed by atoms with Gasteiger partial charge in [-0.05, 0) is 41.8 Å². The number of benzene rings is 2. The molecule has 1 N–H and O–H groups in total. The van der Waals surface area contributed by atoms with Crippen LogP contribution in [0.1, 0.15) is 36.7 Å². The van der Waals surface area contributed by atoms with Crippen LogP contribution in [0.3, 0.4) is 0 Å². The molecule has 3 rings (SSSR count). The molecule has 146 valence electrons. The molecule has 0 saturated heterocycles. The fourth-order valence-electron chi connectivity index (χ4n) is 2.56. The van der Waals surface area contributed by atoms with Gasteiger partial charge in [-0.2, -0.15) is 9.36 Å². The zero-order valence-corrected chi connectivity index (χ0v) is 16.5. The molecule has 28 heavy (non-hydrogen) atoms. The molecular weight excluding hydrogens is 377 g/mol. The van der Waals surface area contributed by atoms with Gasteiger partial charge in [0.25, 0.3) is 5.19 Å². The summed E-state index contributed by atoms with van der Waals surface area (Å²) in [6.45, 7) is 2.81. The van der Waals surface area contributed by atoms with E-state index in [2.05, 4.69) is 21.6 Å². The maximum absolute atomic E-state index is 13.0. The lowest BCUT2D eigenvalue weighted by molar-refractivity contribution is -0.120. The van der Waals surface area contributed by atoms with E-state index in [0.717, 1.165) is 24.0 Å². The molecule has 0 radical (unpaired) electrons. The maximum Gasteiger partial charge on any atom is 0.298 e. The Morgan fingerprint density at radius 3 is 2.54 bits per heavy atom. The van der Waals surface area contributed by atoms with Gasteiger partial charge >= 0.3 is 0 Å². The van der Waals surface area contributed by atoms with Crippen LogP contribution >= 0.6 is 11.5 Å². The molecule has 0 atom stereocenters. The molecule has 1 heterocycles. The summed E-state index contributed by atoms with van der Waals surface area (Å²) < 4.78 is 23.0. The van der Waals surface area contributed by atoms with E-state index in [1.807, 2.05) is 24.3 Å². The lowest BCUT2D eigenvalue weighted by Gasteiger charge is -2.05. The molecule has 7 heteroatoms. The predicted molar refractivity (Wildman–Crippen MR) is 107 cm³/mol. The second kappa shape index (κ2) is 9.94. The first kappa shape index (κ1) is 19.9. The molecule has 0 saturated carbocycles. The van der Waals surface area contributed by atoms with Crippen molar-refractivity contribution in [3.63, 3.8) is 0 Å². The number of unbranched alkanes of at least 4 members (excludes halogenated alkanes) is 1. The summed E-state index contributed by atoms with van der Waals surface area (Å²) in [7, 11) is 0. The number of nitrogens with zero attached hydrogens (tertiary/aromatic N) is 2. The van der Waals surface area contributed by atoms with Gasteiger partial charge in [0, 0.05) is 24.5 Å². The Bertz CT molecular complexity index is 895. The Balaban J connectivity index is 1.52. The van der Waals surface area contributed by atoms with E-state index in [1.54, 1.807) is 12.1 Å². The SMILES string of the molecule is CCCCNC(=O)Cc1ccc(Oc2nc(Cc3ccc(F)cc3)ns2)cc1. The van der Waals surface area contributed by atoms with Gasteiger partial charge < -0.3 is 10.1 Å². The summed E-state index contributed by atoms with van der Waals surface area (Å²) in [5, 5.41) is 3.35. The zero-order chi connectivity index (χ0) is 19.8. The van der Waals surface area contributed by atoms with E-state index >= 15 is 0 Å². The Labute approximate surface area is 167 Å². The first-order valence-corrected chi connectivity index (χ1v) is 10.00. The number of carbonyl (C=O) groups is 1. The Hall–Kier alpha value is -2.80. The van der Waals surface area contributed by atoms with E-state index in [0.29, 0.717) is 36.2 Å². The van der Waals surface area contributed by atoms with Crippen molar-refractivity contribution >= 4 is 17.4 Å². The number of carbonyl (C=O) groups excluding carboxylic acids is 1. The average molecular weight is 399 g/mol. The average Bonchev–Trinajstić information content (AvgIpc) is 3.12. The number of amides is 1. The van der Waals surface area contributed by atoms with E-state index in [1.165, 1.54) is 23.7 Å². The van der Waals surface area contributed by atoms with Gasteiger partial charge in [0.05, 0.1) is 6.42 Å². The quantitative estimate of drug-likeness (QED) is 0.538. The first-order chi connectivity index (χ1) is 13.6. The van der Waals surface area contributed by atoms with Crippen molar-refractivity contribution in [2.75, 3.05) is 6.54 Å². The van der Waals surface area contributed by atoms with E-state index < -0.39 is 0 Å². The molecule has 0 fully saturated rings. The monoisotopic (exact) mass is 399 g/mol. The summed E-state index contributed by atoms with van der Waals surface area (Å²) in [6.07, 6.45) is 2.92. The minimum absolute atomic E-state index is 0.0247. The van der Waals surface area contributed by atoms with Crippen molar-refractivity contribution in [2.45, 2.75) is 32.6 Å². The predicted octanol–water partition coefficient (Wildman–Crippen LogP) is 4.52. The van der Waals surface area contributed by atoms with Gasteiger partial charge in [-0.15, -0.1) is 0 Å².